The van der Waals surface area contributed by atoms with Gasteiger partial charge in [-0.1, -0.05) is 6.92 Å². The number of benzene rings is 1. The number of ether oxygens (including phenoxy) is 1. The summed E-state index contributed by atoms with van der Waals surface area (Å²) in [5, 5.41) is 0. The smallest absolute Gasteiger partial charge is 0.406 e. The second kappa shape index (κ2) is 4.15. The molecule has 1 aromatic rings. The summed E-state index contributed by atoms with van der Waals surface area (Å²) >= 11 is 0. The lowest BCUT2D eigenvalue weighted by Crippen LogP contribution is -2.35. The fourth-order valence-corrected chi connectivity index (χ4v) is 2.38. The summed E-state index contributed by atoms with van der Waals surface area (Å²) in [4.78, 5) is 13.6. The van der Waals surface area contributed by atoms with E-state index in [9.17, 15) is 18.0 Å². The summed E-state index contributed by atoms with van der Waals surface area (Å²) in [5.74, 6) is -0.414. The zero-order valence-electron chi connectivity index (χ0n) is 10.8. The minimum atomic E-state index is -4.73. The van der Waals surface area contributed by atoms with Gasteiger partial charge in [0.25, 0.3) is 0 Å². The van der Waals surface area contributed by atoms with Gasteiger partial charge < -0.3 is 9.64 Å². The minimum Gasteiger partial charge on any atom is -0.406 e. The molecule has 0 aromatic heterocycles. The molecule has 0 aliphatic carbocycles. The molecule has 0 saturated heterocycles. The molecule has 0 saturated carbocycles. The predicted octanol–water partition coefficient (Wildman–Crippen LogP) is 3.23. The van der Waals surface area contributed by atoms with Crippen molar-refractivity contribution >= 4 is 11.6 Å². The first-order valence-electron chi connectivity index (χ1n) is 5.87. The summed E-state index contributed by atoms with van der Waals surface area (Å²) in [6, 6.07) is 4.00. The van der Waals surface area contributed by atoms with E-state index in [1.165, 1.54) is 23.1 Å². The van der Waals surface area contributed by atoms with Crippen LogP contribution < -0.4 is 9.64 Å². The van der Waals surface area contributed by atoms with Gasteiger partial charge in [-0.15, -0.1) is 13.2 Å². The highest BCUT2D eigenvalue weighted by Crippen LogP contribution is 2.44. The third-order valence-electron chi connectivity index (χ3n) is 3.64. The number of hydrogen-bond acceptors (Lipinski definition) is 2. The molecule has 1 aliphatic rings. The summed E-state index contributed by atoms with van der Waals surface area (Å²) in [5.41, 5.74) is 0.405. The van der Waals surface area contributed by atoms with E-state index >= 15 is 0 Å². The van der Waals surface area contributed by atoms with Gasteiger partial charge in [0.15, 0.2) is 0 Å². The quantitative estimate of drug-likeness (QED) is 0.828. The Labute approximate surface area is 109 Å². The number of carbonyl (C=O) groups is 1. The highest BCUT2D eigenvalue weighted by atomic mass is 19.4. The van der Waals surface area contributed by atoms with E-state index in [1.54, 1.807) is 14.0 Å². The molecule has 6 heteroatoms. The van der Waals surface area contributed by atoms with Gasteiger partial charge in [0.1, 0.15) is 5.75 Å². The van der Waals surface area contributed by atoms with Crippen molar-refractivity contribution < 1.29 is 22.7 Å². The average molecular weight is 273 g/mol. The highest BCUT2D eigenvalue weighted by Gasteiger charge is 2.45. The van der Waals surface area contributed by atoms with Crippen molar-refractivity contribution in [3.8, 4) is 5.75 Å². The van der Waals surface area contributed by atoms with E-state index in [-0.39, 0.29) is 11.7 Å². The van der Waals surface area contributed by atoms with Gasteiger partial charge in [0, 0.05) is 12.7 Å². The number of rotatable bonds is 2. The molecule has 0 spiro atoms. The minimum absolute atomic E-state index is 0.117. The Hall–Kier alpha value is -1.72. The van der Waals surface area contributed by atoms with Gasteiger partial charge in [-0.3, -0.25) is 4.79 Å². The number of amides is 1. The number of hydrogen-bond donors (Lipinski definition) is 0. The van der Waals surface area contributed by atoms with Crippen LogP contribution in [0.4, 0.5) is 18.9 Å². The maximum Gasteiger partial charge on any atom is 0.573 e. The molecule has 0 bridgehead atoms. The molecule has 1 amide bonds. The summed E-state index contributed by atoms with van der Waals surface area (Å²) in [6.45, 7) is 3.56. The lowest BCUT2D eigenvalue weighted by Gasteiger charge is -2.21. The first-order chi connectivity index (χ1) is 8.69. The Morgan fingerprint density at radius 2 is 2.00 bits per heavy atom. The fourth-order valence-electron chi connectivity index (χ4n) is 2.38. The molecular weight excluding hydrogens is 259 g/mol. The van der Waals surface area contributed by atoms with Gasteiger partial charge in [0.2, 0.25) is 5.91 Å². The van der Waals surface area contributed by atoms with E-state index in [4.69, 9.17) is 0 Å². The van der Waals surface area contributed by atoms with Crippen molar-refractivity contribution in [1.29, 1.82) is 0 Å². The number of anilines is 1. The monoisotopic (exact) mass is 273 g/mol. The van der Waals surface area contributed by atoms with Crippen molar-refractivity contribution in [3.05, 3.63) is 23.8 Å². The number of fused-ring (bicyclic) bond motifs is 1. The summed E-state index contributed by atoms with van der Waals surface area (Å²) in [7, 11) is 1.62. The third kappa shape index (κ3) is 2.15. The van der Waals surface area contributed by atoms with Crippen LogP contribution in [0, 0.1) is 0 Å². The standard InChI is InChI=1S/C13H14F3NO2/c1-4-12(2)9-7-8(19-13(14,15)16)5-6-10(9)17(3)11(12)18/h5-7H,4H2,1-3H3. The van der Waals surface area contributed by atoms with Crippen LogP contribution in [0.2, 0.25) is 0 Å². The van der Waals surface area contributed by atoms with Crippen molar-refractivity contribution in [2.24, 2.45) is 0 Å². The number of nitrogens with zero attached hydrogens (tertiary/aromatic N) is 1. The Bertz CT molecular complexity index is 527. The largest absolute Gasteiger partial charge is 0.573 e. The van der Waals surface area contributed by atoms with Crippen LogP contribution in [0.15, 0.2) is 18.2 Å². The maximum absolute atomic E-state index is 12.2. The summed E-state index contributed by atoms with van der Waals surface area (Å²) < 4.78 is 40.6. The van der Waals surface area contributed by atoms with Gasteiger partial charge in [-0.2, -0.15) is 0 Å². The van der Waals surface area contributed by atoms with Gasteiger partial charge >= 0.3 is 6.36 Å². The first kappa shape index (κ1) is 13.7. The third-order valence-corrected chi connectivity index (χ3v) is 3.64. The fraction of sp³-hybridized carbons (Fsp3) is 0.462. The maximum atomic E-state index is 12.2. The van der Waals surface area contributed by atoms with Crippen LogP contribution >= 0.6 is 0 Å². The molecule has 3 nitrogen and oxygen atoms in total. The lowest BCUT2D eigenvalue weighted by molar-refractivity contribution is -0.274. The van der Waals surface area contributed by atoms with E-state index in [0.29, 0.717) is 17.7 Å². The van der Waals surface area contributed by atoms with E-state index in [0.717, 1.165) is 0 Å². The van der Waals surface area contributed by atoms with Crippen LogP contribution in [0.5, 0.6) is 5.75 Å². The molecule has 0 radical (unpaired) electrons. The number of alkyl halides is 3. The second-order valence-corrected chi connectivity index (χ2v) is 4.78. The van der Waals surface area contributed by atoms with Crippen LogP contribution in [0.3, 0.4) is 0 Å². The molecule has 1 atom stereocenters. The molecule has 0 fully saturated rings. The van der Waals surface area contributed by atoms with E-state index < -0.39 is 11.8 Å². The second-order valence-electron chi connectivity index (χ2n) is 4.78. The molecule has 19 heavy (non-hydrogen) atoms. The molecule has 1 aromatic carbocycles. The highest BCUT2D eigenvalue weighted by molar-refractivity contribution is 6.07. The van der Waals surface area contributed by atoms with E-state index in [2.05, 4.69) is 4.74 Å². The Kier molecular flexibility index (Phi) is 2.99. The van der Waals surface area contributed by atoms with Crippen molar-refractivity contribution in [2.75, 3.05) is 11.9 Å². The molecule has 1 aliphatic heterocycles. The molecule has 104 valence electrons. The van der Waals surface area contributed by atoms with Crippen LogP contribution in [0.25, 0.3) is 0 Å². The molecule has 1 heterocycles. The summed E-state index contributed by atoms with van der Waals surface area (Å²) in [6.07, 6.45) is -4.22. The Balaban J connectivity index is 2.48. The van der Waals surface area contributed by atoms with Crippen LogP contribution in [-0.2, 0) is 10.2 Å². The molecular formula is C13H14F3NO2. The van der Waals surface area contributed by atoms with Crippen LogP contribution in [-0.4, -0.2) is 19.3 Å². The SMILES string of the molecule is CCC1(C)C(=O)N(C)c2ccc(OC(F)(F)F)cc21. The number of likely N-dealkylation sites (N-methyl/N-ethyl adjacent to an activating group) is 1. The predicted molar refractivity (Wildman–Crippen MR) is 64.2 cm³/mol. The van der Waals surface area contributed by atoms with E-state index in [1.807, 2.05) is 6.92 Å². The first-order valence-corrected chi connectivity index (χ1v) is 5.87. The molecule has 0 N–H and O–H groups in total. The zero-order valence-corrected chi connectivity index (χ0v) is 10.8. The normalized spacial score (nSPS) is 22.6. The zero-order chi connectivity index (χ0) is 14.4. The topological polar surface area (TPSA) is 29.5 Å². The average Bonchev–Trinajstić information content (AvgIpc) is 2.50. The Morgan fingerprint density at radius 3 is 2.53 bits per heavy atom. The van der Waals surface area contributed by atoms with Gasteiger partial charge in [-0.05, 0) is 37.1 Å². The molecule has 2 rings (SSSR count). The lowest BCUT2D eigenvalue weighted by atomic mass is 9.81. The molecule has 1 unspecified atom stereocenters. The van der Waals surface area contributed by atoms with Gasteiger partial charge in [-0.25, -0.2) is 0 Å². The Morgan fingerprint density at radius 1 is 1.37 bits per heavy atom. The van der Waals surface area contributed by atoms with Crippen molar-refractivity contribution in [3.63, 3.8) is 0 Å². The van der Waals surface area contributed by atoms with Crippen molar-refractivity contribution in [1.82, 2.24) is 0 Å². The number of halogens is 3. The van der Waals surface area contributed by atoms with Gasteiger partial charge in [0.05, 0.1) is 5.41 Å². The number of carbonyl (C=O) groups excluding carboxylic acids is 1. The van der Waals surface area contributed by atoms with Crippen molar-refractivity contribution in [2.45, 2.75) is 32.0 Å². The van der Waals surface area contributed by atoms with Crippen LogP contribution in [0.1, 0.15) is 25.8 Å².